The number of anilines is 1. The third-order valence-electron chi connectivity index (χ3n) is 5.07. The maximum absolute atomic E-state index is 5.93. The molecule has 2 unspecified atom stereocenters. The summed E-state index contributed by atoms with van der Waals surface area (Å²) in [6, 6.07) is 7.94. The monoisotopic (exact) mass is 287 g/mol. The van der Waals surface area contributed by atoms with Crippen molar-refractivity contribution in [3.63, 3.8) is 0 Å². The molecule has 0 saturated carbocycles. The number of aryl methyl sites for hydroxylation is 1. The van der Waals surface area contributed by atoms with Gasteiger partial charge in [0.2, 0.25) is 0 Å². The number of nitrogens with two attached hydrogens (primary N) is 1. The van der Waals surface area contributed by atoms with E-state index in [1.165, 1.54) is 62.3 Å². The van der Waals surface area contributed by atoms with E-state index in [1.807, 2.05) is 0 Å². The fraction of sp³-hybridized carbons (Fsp3) is 0.667. The molecule has 2 aliphatic heterocycles. The summed E-state index contributed by atoms with van der Waals surface area (Å²) in [5.74, 6) is 0. The Labute approximate surface area is 129 Å². The number of rotatable bonds is 3. The Morgan fingerprint density at radius 1 is 1.24 bits per heavy atom. The lowest BCUT2D eigenvalue weighted by Crippen LogP contribution is -2.54. The van der Waals surface area contributed by atoms with E-state index in [9.17, 15) is 0 Å². The second-order valence-corrected chi connectivity index (χ2v) is 6.92. The molecule has 2 saturated heterocycles. The minimum Gasteiger partial charge on any atom is -0.369 e. The normalized spacial score (nSPS) is 24.7. The van der Waals surface area contributed by atoms with Gasteiger partial charge in [0.15, 0.2) is 0 Å². The third kappa shape index (κ3) is 3.41. The SMILES string of the molecule is Cc1cc(N2CCN3CCCCC3C2)ccc1CC(C)N. The van der Waals surface area contributed by atoms with Crippen molar-refractivity contribution in [2.45, 2.75) is 51.6 Å². The first-order valence-electron chi connectivity index (χ1n) is 8.47. The van der Waals surface area contributed by atoms with Gasteiger partial charge in [-0.15, -0.1) is 0 Å². The predicted molar refractivity (Wildman–Crippen MR) is 90.0 cm³/mol. The molecule has 2 heterocycles. The van der Waals surface area contributed by atoms with Crippen LogP contribution in [0.3, 0.4) is 0 Å². The van der Waals surface area contributed by atoms with E-state index in [0.29, 0.717) is 0 Å². The molecule has 3 nitrogen and oxygen atoms in total. The lowest BCUT2D eigenvalue weighted by Gasteiger charge is -2.45. The fourth-order valence-electron chi connectivity index (χ4n) is 3.84. The number of piperidine rings is 1. The molecule has 3 rings (SSSR count). The summed E-state index contributed by atoms with van der Waals surface area (Å²) in [6.45, 7) is 9.21. The molecule has 0 aliphatic carbocycles. The highest BCUT2D eigenvalue weighted by Gasteiger charge is 2.28. The van der Waals surface area contributed by atoms with Gasteiger partial charge in [0.25, 0.3) is 0 Å². The molecular weight excluding hydrogens is 258 g/mol. The van der Waals surface area contributed by atoms with Crippen molar-refractivity contribution in [3.8, 4) is 0 Å². The van der Waals surface area contributed by atoms with Crippen molar-refractivity contribution < 1.29 is 0 Å². The zero-order chi connectivity index (χ0) is 14.8. The van der Waals surface area contributed by atoms with Crippen LogP contribution in [-0.2, 0) is 6.42 Å². The molecule has 1 aromatic carbocycles. The average molecular weight is 287 g/mol. The molecule has 2 aliphatic rings. The van der Waals surface area contributed by atoms with Crippen molar-refractivity contribution in [2.75, 3.05) is 31.1 Å². The summed E-state index contributed by atoms with van der Waals surface area (Å²) in [5, 5.41) is 0. The molecule has 116 valence electrons. The maximum Gasteiger partial charge on any atom is 0.0370 e. The highest BCUT2D eigenvalue weighted by molar-refractivity contribution is 5.51. The quantitative estimate of drug-likeness (QED) is 0.927. The van der Waals surface area contributed by atoms with E-state index in [0.717, 1.165) is 12.5 Å². The van der Waals surface area contributed by atoms with Gasteiger partial charge in [-0.3, -0.25) is 4.90 Å². The Morgan fingerprint density at radius 3 is 2.86 bits per heavy atom. The van der Waals surface area contributed by atoms with Gasteiger partial charge in [0, 0.05) is 37.4 Å². The zero-order valence-corrected chi connectivity index (χ0v) is 13.5. The Balaban J connectivity index is 1.70. The van der Waals surface area contributed by atoms with Gasteiger partial charge in [-0.1, -0.05) is 12.5 Å². The molecule has 2 N–H and O–H groups in total. The number of fused-ring (bicyclic) bond motifs is 1. The predicted octanol–water partition coefficient (Wildman–Crippen LogP) is 2.56. The van der Waals surface area contributed by atoms with Crippen LogP contribution in [0.1, 0.15) is 37.3 Å². The highest BCUT2D eigenvalue weighted by atomic mass is 15.3. The van der Waals surface area contributed by atoms with Gasteiger partial charge < -0.3 is 10.6 Å². The van der Waals surface area contributed by atoms with Crippen LogP contribution in [0.15, 0.2) is 18.2 Å². The number of hydrogen-bond acceptors (Lipinski definition) is 3. The van der Waals surface area contributed by atoms with E-state index in [4.69, 9.17) is 5.73 Å². The van der Waals surface area contributed by atoms with E-state index in [2.05, 4.69) is 41.8 Å². The van der Waals surface area contributed by atoms with Crippen LogP contribution in [0.2, 0.25) is 0 Å². The van der Waals surface area contributed by atoms with Gasteiger partial charge in [0.1, 0.15) is 0 Å². The van der Waals surface area contributed by atoms with Gasteiger partial charge in [-0.2, -0.15) is 0 Å². The maximum atomic E-state index is 5.93. The second-order valence-electron chi connectivity index (χ2n) is 6.92. The number of nitrogens with zero attached hydrogens (tertiary/aromatic N) is 2. The van der Waals surface area contributed by atoms with Crippen LogP contribution in [0.25, 0.3) is 0 Å². The summed E-state index contributed by atoms with van der Waals surface area (Å²) < 4.78 is 0. The molecule has 1 aromatic rings. The first kappa shape index (κ1) is 14.9. The molecule has 2 fully saturated rings. The zero-order valence-electron chi connectivity index (χ0n) is 13.5. The molecule has 0 aromatic heterocycles. The van der Waals surface area contributed by atoms with Gasteiger partial charge in [0.05, 0.1) is 0 Å². The van der Waals surface area contributed by atoms with Crippen LogP contribution in [0.5, 0.6) is 0 Å². The first-order chi connectivity index (χ1) is 10.1. The van der Waals surface area contributed by atoms with Crippen LogP contribution in [-0.4, -0.2) is 43.2 Å². The highest BCUT2D eigenvalue weighted by Crippen LogP contribution is 2.26. The van der Waals surface area contributed by atoms with Crippen LogP contribution in [0.4, 0.5) is 5.69 Å². The summed E-state index contributed by atoms with van der Waals surface area (Å²) in [4.78, 5) is 5.27. The number of piperazine rings is 1. The topological polar surface area (TPSA) is 32.5 Å². The molecule has 3 heteroatoms. The molecular formula is C18H29N3. The Bertz CT molecular complexity index is 483. The minimum absolute atomic E-state index is 0.236. The van der Waals surface area contributed by atoms with Crippen LogP contribution in [0, 0.1) is 6.92 Å². The average Bonchev–Trinajstić information content (AvgIpc) is 2.48. The molecule has 21 heavy (non-hydrogen) atoms. The van der Waals surface area contributed by atoms with Crippen molar-refractivity contribution >= 4 is 5.69 Å². The molecule has 2 atom stereocenters. The van der Waals surface area contributed by atoms with Crippen LogP contribution >= 0.6 is 0 Å². The van der Waals surface area contributed by atoms with Crippen molar-refractivity contribution in [3.05, 3.63) is 29.3 Å². The molecule has 0 bridgehead atoms. The fourth-order valence-corrected chi connectivity index (χ4v) is 3.84. The standard InChI is InChI=1S/C18H29N3/c1-14-11-17(7-6-16(14)12-15(2)19)21-10-9-20-8-4-3-5-18(20)13-21/h6-7,11,15,18H,3-5,8-10,12-13,19H2,1-2H3. The largest absolute Gasteiger partial charge is 0.369 e. The Morgan fingerprint density at radius 2 is 2.10 bits per heavy atom. The van der Waals surface area contributed by atoms with Gasteiger partial charge in [-0.05, 0) is 62.9 Å². The first-order valence-corrected chi connectivity index (χ1v) is 8.47. The second kappa shape index (κ2) is 6.37. The molecule has 0 radical (unpaired) electrons. The summed E-state index contributed by atoms with van der Waals surface area (Å²) in [7, 11) is 0. The summed E-state index contributed by atoms with van der Waals surface area (Å²) in [5.41, 5.74) is 10.1. The number of hydrogen-bond donors (Lipinski definition) is 1. The van der Waals surface area contributed by atoms with Gasteiger partial charge in [-0.25, -0.2) is 0 Å². The minimum atomic E-state index is 0.236. The van der Waals surface area contributed by atoms with Gasteiger partial charge >= 0.3 is 0 Å². The van der Waals surface area contributed by atoms with Crippen LogP contribution < -0.4 is 10.6 Å². The van der Waals surface area contributed by atoms with Crippen molar-refractivity contribution in [2.24, 2.45) is 5.73 Å². The van der Waals surface area contributed by atoms with E-state index >= 15 is 0 Å². The Hall–Kier alpha value is -1.06. The lowest BCUT2D eigenvalue weighted by atomic mass is 9.98. The van der Waals surface area contributed by atoms with Crippen molar-refractivity contribution in [1.82, 2.24) is 4.90 Å². The lowest BCUT2D eigenvalue weighted by molar-refractivity contribution is 0.133. The van der Waals surface area contributed by atoms with Crippen molar-refractivity contribution in [1.29, 1.82) is 0 Å². The molecule has 0 spiro atoms. The Kier molecular flexibility index (Phi) is 4.51. The summed E-state index contributed by atoms with van der Waals surface area (Å²) >= 11 is 0. The molecule has 0 amide bonds. The van der Waals surface area contributed by atoms with E-state index < -0.39 is 0 Å². The third-order valence-corrected chi connectivity index (χ3v) is 5.07. The smallest absolute Gasteiger partial charge is 0.0370 e. The summed E-state index contributed by atoms with van der Waals surface area (Å²) in [6.07, 6.45) is 5.14. The van der Waals surface area contributed by atoms with E-state index in [1.54, 1.807) is 0 Å². The van der Waals surface area contributed by atoms with E-state index in [-0.39, 0.29) is 6.04 Å². The number of benzene rings is 1.